The van der Waals surface area contributed by atoms with E-state index in [0.29, 0.717) is 0 Å². The van der Waals surface area contributed by atoms with E-state index >= 15 is 0 Å². The predicted octanol–water partition coefficient (Wildman–Crippen LogP) is -4.61. The van der Waals surface area contributed by atoms with Crippen LogP contribution in [-0.2, 0) is 19.1 Å². The van der Waals surface area contributed by atoms with Gasteiger partial charge in [0.25, 0.3) is 0 Å². The molecule has 13 heteroatoms. The number of hydrogen-bond acceptors (Lipinski definition) is 10. The molecule has 0 aliphatic carbocycles. The number of carboxylic acids is 1. The first-order valence-corrected chi connectivity index (χ1v) is 9.04. The first-order valence-electron chi connectivity index (χ1n) is 9.04. The van der Waals surface area contributed by atoms with Crippen LogP contribution in [0.2, 0.25) is 0 Å². The molecule has 0 saturated carbocycles. The number of nitrogens with one attached hydrogen (secondary N) is 2. The number of aliphatic carboxylic acids is 1. The summed E-state index contributed by atoms with van der Waals surface area (Å²) in [6, 6.07) is -1.48. The Labute approximate surface area is 165 Å². The van der Waals surface area contributed by atoms with Crippen molar-refractivity contribution < 1.29 is 54.9 Å². The molecule has 7 atom stereocenters. The fourth-order valence-corrected chi connectivity index (χ4v) is 2.68. The molecular weight excluding hydrogens is 396 g/mol. The monoisotopic (exact) mass is 424 g/mol. The molecule has 0 aromatic carbocycles. The molecule has 1 rings (SSSR count). The third kappa shape index (κ3) is 7.81. The van der Waals surface area contributed by atoms with Gasteiger partial charge in [0.1, 0.15) is 30.5 Å². The van der Waals surface area contributed by atoms with Crippen molar-refractivity contribution >= 4 is 17.8 Å². The van der Waals surface area contributed by atoms with Gasteiger partial charge in [-0.05, 0) is 12.8 Å². The van der Waals surface area contributed by atoms with Crippen molar-refractivity contribution in [3.05, 3.63) is 0 Å². The lowest BCUT2D eigenvalue weighted by molar-refractivity contribution is -0.280. The minimum absolute atomic E-state index is 0.0417. The lowest BCUT2D eigenvalue weighted by Crippen LogP contribution is -2.61. The Hall–Kier alpha value is -1.87. The smallest absolute Gasteiger partial charge is 0.303 e. The van der Waals surface area contributed by atoms with Gasteiger partial charge in [0, 0.05) is 19.6 Å². The molecular formula is C16H28N2O11. The Morgan fingerprint density at radius 1 is 1.00 bits per heavy atom. The topological polar surface area (TPSA) is 226 Å². The minimum Gasteiger partial charge on any atom is -0.481 e. The molecule has 29 heavy (non-hydrogen) atoms. The number of hydrogen-bond donors (Lipinski definition) is 9. The molecule has 1 fully saturated rings. The Bertz CT molecular complexity index is 561. The second-order valence-electron chi connectivity index (χ2n) is 6.65. The van der Waals surface area contributed by atoms with Crippen molar-refractivity contribution in [3.8, 4) is 0 Å². The van der Waals surface area contributed by atoms with E-state index in [1.807, 2.05) is 0 Å². The van der Waals surface area contributed by atoms with Gasteiger partial charge in [0.15, 0.2) is 6.29 Å². The predicted molar refractivity (Wildman–Crippen MR) is 93.0 cm³/mol. The van der Waals surface area contributed by atoms with E-state index in [1.165, 1.54) is 0 Å². The average Bonchev–Trinajstić information content (AvgIpc) is 2.68. The highest BCUT2D eigenvalue weighted by Crippen LogP contribution is 2.19. The molecule has 168 valence electrons. The average molecular weight is 424 g/mol. The lowest BCUT2D eigenvalue weighted by Gasteiger charge is -2.38. The lowest BCUT2D eigenvalue weighted by atomic mass is 9.98. The van der Waals surface area contributed by atoms with Crippen LogP contribution in [0.5, 0.6) is 0 Å². The van der Waals surface area contributed by atoms with Crippen LogP contribution in [-0.4, -0.2) is 110 Å². The van der Waals surface area contributed by atoms with Crippen LogP contribution in [0.3, 0.4) is 0 Å². The zero-order valence-electron chi connectivity index (χ0n) is 15.5. The highest BCUT2D eigenvalue weighted by molar-refractivity contribution is 5.89. The molecule has 1 saturated heterocycles. The highest BCUT2D eigenvalue weighted by atomic mass is 16.6. The van der Waals surface area contributed by atoms with E-state index in [1.54, 1.807) is 0 Å². The van der Waals surface area contributed by atoms with Crippen LogP contribution < -0.4 is 10.6 Å². The molecule has 5 unspecified atom stereocenters. The van der Waals surface area contributed by atoms with Crippen molar-refractivity contribution in [2.24, 2.45) is 0 Å². The van der Waals surface area contributed by atoms with Gasteiger partial charge >= 0.3 is 5.97 Å². The highest BCUT2D eigenvalue weighted by Gasteiger charge is 2.43. The van der Waals surface area contributed by atoms with Crippen LogP contribution in [0.4, 0.5) is 0 Å². The van der Waals surface area contributed by atoms with Crippen molar-refractivity contribution in [1.82, 2.24) is 10.6 Å². The second-order valence-corrected chi connectivity index (χ2v) is 6.65. The number of ether oxygens (including phenoxy) is 1. The van der Waals surface area contributed by atoms with E-state index < -0.39 is 80.0 Å². The molecule has 1 aliphatic heterocycles. The van der Waals surface area contributed by atoms with E-state index in [2.05, 4.69) is 10.6 Å². The summed E-state index contributed by atoms with van der Waals surface area (Å²) in [5.74, 6) is -2.91. The number of rotatable bonds is 11. The van der Waals surface area contributed by atoms with Crippen LogP contribution in [0, 0.1) is 0 Å². The quantitative estimate of drug-likeness (QED) is 0.153. The zero-order chi connectivity index (χ0) is 22.1. The van der Waals surface area contributed by atoms with Crippen LogP contribution in [0.1, 0.15) is 25.7 Å². The summed E-state index contributed by atoms with van der Waals surface area (Å²) in [6.07, 6.45) is -10.4. The maximum Gasteiger partial charge on any atom is 0.303 e. The van der Waals surface area contributed by atoms with Crippen molar-refractivity contribution in [3.63, 3.8) is 0 Å². The van der Waals surface area contributed by atoms with Gasteiger partial charge in [-0.3, -0.25) is 14.4 Å². The normalized spacial score (nSPS) is 29.0. The summed E-state index contributed by atoms with van der Waals surface area (Å²) < 4.78 is 4.92. The van der Waals surface area contributed by atoms with Crippen LogP contribution >= 0.6 is 0 Å². The van der Waals surface area contributed by atoms with Gasteiger partial charge in [-0.2, -0.15) is 0 Å². The molecule has 0 bridgehead atoms. The third-order valence-electron chi connectivity index (χ3n) is 4.37. The Morgan fingerprint density at radius 2 is 1.66 bits per heavy atom. The summed E-state index contributed by atoms with van der Waals surface area (Å²) >= 11 is 0. The summed E-state index contributed by atoms with van der Waals surface area (Å²) in [5.41, 5.74) is 0. The second kappa shape index (κ2) is 12.0. The van der Waals surface area contributed by atoms with Crippen molar-refractivity contribution in [1.29, 1.82) is 0 Å². The summed E-state index contributed by atoms with van der Waals surface area (Å²) in [5, 5.41) is 70.6. The van der Waals surface area contributed by atoms with E-state index in [4.69, 9.17) is 14.9 Å². The number of amides is 2. The van der Waals surface area contributed by atoms with Gasteiger partial charge in [0.05, 0.1) is 12.5 Å². The molecule has 1 heterocycles. The SMILES string of the molecule is O=C(O)CCC(=O)NC(C(=O)NCC1O[C@H](O)C(O)C(O)[C@@H]1O)C(O)CCCO. The maximum atomic E-state index is 12.4. The summed E-state index contributed by atoms with van der Waals surface area (Å²) in [7, 11) is 0. The minimum atomic E-state index is -1.79. The zero-order valence-corrected chi connectivity index (χ0v) is 15.5. The van der Waals surface area contributed by atoms with Gasteiger partial charge in [-0.1, -0.05) is 0 Å². The fraction of sp³-hybridized carbons (Fsp3) is 0.812. The first-order chi connectivity index (χ1) is 13.6. The molecule has 13 nitrogen and oxygen atoms in total. The molecule has 2 amide bonds. The largest absolute Gasteiger partial charge is 0.481 e. The molecule has 0 aromatic rings. The Morgan fingerprint density at radius 3 is 2.24 bits per heavy atom. The van der Waals surface area contributed by atoms with Crippen LogP contribution in [0.25, 0.3) is 0 Å². The standard InChI is InChI=1S/C16H28N2O11/c19-5-1-2-7(20)11(18-9(21)3-4-10(22)23)15(27)17-6-8-12(24)13(25)14(26)16(28)29-8/h7-8,11-14,16,19-20,24-26,28H,1-6H2,(H,17,27)(H,18,21)(H,22,23)/t7?,8?,11?,12-,13?,14?,16+/m1/s1. The van der Waals surface area contributed by atoms with Gasteiger partial charge in [-0.25, -0.2) is 0 Å². The number of carbonyl (C=O) groups is 3. The van der Waals surface area contributed by atoms with E-state index in [9.17, 15) is 39.9 Å². The van der Waals surface area contributed by atoms with Crippen molar-refractivity contribution in [2.75, 3.05) is 13.2 Å². The summed E-state index contributed by atoms with van der Waals surface area (Å²) in [4.78, 5) is 34.8. The number of aliphatic hydroxyl groups is 6. The molecule has 1 aliphatic rings. The summed E-state index contributed by atoms with van der Waals surface area (Å²) in [6.45, 7) is -0.701. The Balaban J connectivity index is 2.72. The number of carbonyl (C=O) groups excluding carboxylic acids is 2. The van der Waals surface area contributed by atoms with E-state index in [0.717, 1.165) is 0 Å². The molecule has 0 radical (unpaired) electrons. The van der Waals surface area contributed by atoms with Crippen molar-refractivity contribution in [2.45, 2.75) is 68.5 Å². The fourth-order valence-electron chi connectivity index (χ4n) is 2.68. The van der Waals surface area contributed by atoms with E-state index in [-0.39, 0.29) is 19.4 Å². The Kier molecular flexibility index (Phi) is 10.4. The first kappa shape index (κ1) is 25.2. The molecule has 0 spiro atoms. The molecule has 0 aromatic heterocycles. The maximum absolute atomic E-state index is 12.4. The number of aliphatic hydroxyl groups excluding tert-OH is 6. The van der Waals surface area contributed by atoms with Crippen LogP contribution in [0.15, 0.2) is 0 Å². The molecule has 9 N–H and O–H groups in total. The van der Waals surface area contributed by atoms with Gasteiger partial charge < -0.3 is 51.1 Å². The third-order valence-corrected chi connectivity index (χ3v) is 4.37. The van der Waals surface area contributed by atoms with Gasteiger partial charge in [0.2, 0.25) is 11.8 Å². The van der Waals surface area contributed by atoms with Gasteiger partial charge in [-0.15, -0.1) is 0 Å². The number of carboxylic acid groups (broad SMARTS) is 1.